The number of imidazole rings is 1. The largest absolute Gasteiger partial charge is 0.385 e. The molecule has 2 aromatic carbocycles. The molecule has 0 bridgehead atoms. The van der Waals surface area contributed by atoms with Crippen LogP contribution in [0.25, 0.3) is 11.0 Å². The van der Waals surface area contributed by atoms with Crippen LogP contribution in [0.1, 0.15) is 24.4 Å². The topological polar surface area (TPSA) is 38.1 Å². The van der Waals surface area contributed by atoms with E-state index in [0.717, 1.165) is 16.6 Å². The number of aliphatic hydroxyl groups is 1. The van der Waals surface area contributed by atoms with E-state index in [-0.39, 0.29) is 5.82 Å². The van der Waals surface area contributed by atoms with Gasteiger partial charge < -0.3 is 9.67 Å². The van der Waals surface area contributed by atoms with Crippen LogP contribution in [-0.4, -0.2) is 14.7 Å². The van der Waals surface area contributed by atoms with E-state index in [1.165, 1.54) is 12.1 Å². The number of hydrogen-bond acceptors (Lipinski definition) is 2. The molecule has 0 spiro atoms. The minimum atomic E-state index is -0.670. The van der Waals surface area contributed by atoms with E-state index >= 15 is 0 Å². The van der Waals surface area contributed by atoms with Gasteiger partial charge in [-0.25, -0.2) is 9.37 Å². The van der Waals surface area contributed by atoms with Crippen molar-refractivity contribution in [2.75, 3.05) is 0 Å². The van der Waals surface area contributed by atoms with Gasteiger partial charge in [-0.15, -0.1) is 0 Å². The maximum absolute atomic E-state index is 13.3. The van der Waals surface area contributed by atoms with Gasteiger partial charge in [0.1, 0.15) is 17.7 Å². The maximum Gasteiger partial charge on any atom is 0.138 e. The second-order valence-corrected chi connectivity index (χ2v) is 4.85. The molecule has 3 rings (SSSR count). The second kappa shape index (κ2) is 5.06. The fraction of sp³-hybridized carbons (Fsp3) is 0.188. The summed E-state index contributed by atoms with van der Waals surface area (Å²) in [5, 5.41) is 9.88. The molecule has 3 aromatic rings. The van der Waals surface area contributed by atoms with Crippen molar-refractivity contribution in [3.05, 3.63) is 65.7 Å². The molecule has 102 valence electrons. The highest BCUT2D eigenvalue weighted by Gasteiger charge is 2.14. The summed E-state index contributed by atoms with van der Waals surface area (Å²) in [6, 6.07) is 14.2. The fourth-order valence-corrected chi connectivity index (χ4v) is 2.40. The highest BCUT2D eigenvalue weighted by molar-refractivity contribution is 5.76. The molecule has 0 saturated carbocycles. The minimum absolute atomic E-state index is 0.259. The molecule has 0 aliphatic heterocycles. The second-order valence-electron chi connectivity index (χ2n) is 4.85. The number of para-hydroxylation sites is 2. The van der Waals surface area contributed by atoms with Crippen LogP contribution in [0.2, 0.25) is 0 Å². The molecular weight excluding hydrogens is 255 g/mol. The van der Waals surface area contributed by atoms with Crippen LogP contribution in [0.15, 0.2) is 48.5 Å². The number of halogens is 1. The summed E-state index contributed by atoms with van der Waals surface area (Å²) < 4.78 is 15.2. The summed E-state index contributed by atoms with van der Waals surface area (Å²) in [5.41, 5.74) is 2.61. The molecule has 0 radical (unpaired) electrons. The van der Waals surface area contributed by atoms with Gasteiger partial charge in [0.2, 0.25) is 0 Å². The Hall–Kier alpha value is -2.20. The van der Waals surface area contributed by atoms with Gasteiger partial charge in [-0.2, -0.15) is 0 Å². The van der Waals surface area contributed by atoms with Crippen LogP contribution < -0.4 is 0 Å². The first kappa shape index (κ1) is 12.8. The Labute approximate surface area is 116 Å². The van der Waals surface area contributed by atoms with Crippen LogP contribution in [-0.2, 0) is 6.54 Å². The lowest BCUT2D eigenvalue weighted by molar-refractivity contribution is 0.185. The quantitative estimate of drug-likeness (QED) is 0.793. The van der Waals surface area contributed by atoms with Crippen molar-refractivity contribution in [2.45, 2.75) is 19.6 Å². The van der Waals surface area contributed by atoms with Crippen molar-refractivity contribution in [1.82, 2.24) is 9.55 Å². The molecule has 20 heavy (non-hydrogen) atoms. The molecule has 3 nitrogen and oxygen atoms in total. The summed E-state index contributed by atoms with van der Waals surface area (Å²) in [5.74, 6) is 0.334. The van der Waals surface area contributed by atoms with Crippen LogP contribution in [0, 0.1) is 5.82 Å². The van der Waals surface area contributed by atoms with E-state index in [0.29, 0.717) is 12.4 Å². The fourth-order valence-electron chi connectivity index (χ4n) is 2.40. The van der Waals surface area contributed by atoms with E-state index in [1.807, 2.05) is 34.9 Å². The van der Waals surface area contributed by atoms with Gasteiger partial charge in [-0.05, 0) is 36.8 Å². The first-order valence-corrected chi connectivity index (χ1v) is 6.53. The molecule has 1 unspecified atom stereocenters. The zero-order valence-corrected chi connectivity index (χ0v) is 11.1. The summed E-state index contributed by atoms with van der Waals surface area (Å²) in [6.45, 7) is 2.17. The molecule has 0 amide bonds. The lowest BCUT2D eigenvalue weighted by atomic mass is 10.2. The zero-order valence-electron chi connectivity index (χ0n) is 11.1. The Morgan fingerprint density at radius 2 is 2.00 bits per heavy atom. The van der Waals surface area contributed by atoms with Gasteiger partial charge in [0, 0.05) is 6.54 Å². The van der Waals surface area contributed by atoms with Crippen LogP contribution in [0.4, 0.5) is 4.39 Å². The summed E-state index contributed by atoms with van der Waals surface area (Å²) >= 11 is 0. The minimum Gasteiger partial charge on any atom is -0.385 e. The van der Waals surface area contributed by atoms with Gasteiger partial charge in [0.05, 0.1) is 11.0 Å². The molecule has 0 aliphatic rings. The third-order valence-electron chi connectivity index (χ3n) is 3.29. The third kappa shape index (κ3) is 2.30. The zero-order chi connectivity index (χ0) is 14.1. The number of benzene rings is 2. The predicted octanol–water partition coefficient (Wildman–Crippen LogP) is 3.28. The first-order valence-electron chi connectivity index (χ1n) is 6.53. The van der Waals surface area contributed by atoms with E-state index in [2.05, 4.69) is 4.98 Å². The van der Waals surface area contributed by atoms with Crippen molar-refractivity contribution in [3.63, 3.8) is 0 Å². The van der Waals surface area contributed by atoms with Crippen molar-refractivity contribution in [1.29, 1.82) is 0 Å². The van der Waals surface area contributed by atoms with Gasteiger partial charge in [-0.3, -0.25) is 0 Å². The van der Waals surface area contributed by atoms with Gasteiger partial charge >= 0.3 is 0 Å². The standard InChI is InChI=1S/C16H15FN2O/c1-11(20)16-18-14-7-2-3-8-15(14)19(16)10-12-5-4-6-13(17)9-12/h2-9,11,20H,10H2,1H3. The number of rotatable bonds is 3. The Bertz CT molecular complexity index is 749. The molecule has 1 heterocycles. The molecule has 0 aliphatic carbocycles. The third-order valence-corrected chi connectivity index (χ3v) is 3.29. The number of fused-ring (bicyclic) bond motifs is 1. The summed E-state index contributed by atoms with van der Waals surface area (Å²) in [6.07, 6.45) is -0.670. The lowest BCUT2D eigenvalue weighted by Gasteiger charge is -2.11. The van der Waals surface area contributed by atoms with Gasteiger partial charge in [0.15, 0.2) is 0 Å². The van der Waals surface area contributed by atoms with Crippen LogP contribution in [0.5, 0.6) is 0 Å². The molecule has 4 heteroatoms. The van der Waals surface area contributed by atoms with Gasteiger partial charge in [0.25, 0.3) is 0 Å². The highest BCUT2D eigenvalue weighted by Crippen LogP contribution is 2.22. The van der Waals surface area contributed by atoms with Crippen LogP contribution >= 0.6 is 0 Å². The number of hydrogen-bond donors (Lipinski definition) is 1. The van der Waals surface area contributed by atoms with Crippen molar-refractivity contribution in [3.8, 4) is 0 Å². The van der Waals surface area contributed by atoms with Crippen molar-refractivity contribution < 1.29 is 9.50 Å². The van der Waals surface area contributed by atoms with E-state index in [4.69, 9.17) is 0 Å². The lowest BCUT2D eigenvalue weighted by Crippen LogP contribution is -2.08. The Morgan fingerprint density at radius 3 is 2.75 bits per heavy atom. The first-order chi connectivity index (χ1) is 9.65. The van der Waals surface area contributed by atoms with E-state index < -0.39 is 6.10 Å². The molecule has 1 N–H and O–H groups in total. The summed E-state index contributed by atoms with van der Waals surface area (Å²) in [7, 11) is 0. The Kier molecular flexibility index (Phi) is 3.24. The van der Waals surface area contributed by atoms with E-state index in [9.17, 15) is 9.50 Å². The predicted molar refractivity (Wildman–Crippen MR) is 75.9 cm³/mol. The van der Waals surface area contributed by atoms with Gasteiger partial charge in [-0.1, -0.05) is 24.3 Å². The van der Waals surface area contributed by atoms with Crippen molar-refractivity contribution in [2.24, 2.45) is 0 Å². The molecular formula is C16H15FN2O. The normalized spacial score (nSPS) is 12.8. The number of aliphatic hydroxyl groups excluding tert-OH is 1. The SMILES string of the molecule is CC(O)c1nc2ccccc2n1Cc1cccc(F)c1. The number of aromatic nitrogens is 2. The average Bonchev–Trinajstić information content (AvgIpc) is 2.78. The summed E-state index contributed by atoms with van der Waals surface area (Å²) in [4.78, 5) is 4.45. The van der Waals surface area contributed by atoms with Crippen molar-refractivity contribution >= 4 is 11.0 Å². The average molecular weight is 270 g/mol. The maximum atomic E-state index is 13.3. The molecule has 0 fully saturated rings. The molecule has 0 saturated heterocycles. The Morgan fingerprint density at radius 1 is 1.20 bits per heavy atom. The molecule has 1 atom stereocenters. The van der Waals surface area contributed by atoms with E-state index in [1.54, 1.807) is 13.0 Å². The highest BCUT2D eigenvalue weighted by atomic mass is 19.1. The molecule has 1 aromatic heterocycles. The Balaban J connectivity index is 2.11. The monoisotopic (exact) mass is 270 g/mol. The van der Waals surface area contributed by atoms with Crippen LogP contribution in [0.3, 0.4) is 0 Å². The number of nitrogens with zero attached hydrogens (tertiary/aromatic N) is 2. The smallest absolute Gasteiger partial charge is 0.138 e.